The van der Waals surface area contributed by atoms with Crippen LogP contribution in [0, 0.1) is 5.82 Å². The van der Waals surface area contributed by atoms with Crippen molar-refractivity contribution in [3.8, 4) is 5.75 Å². The molecule has 1 heterocycles. The van der Waals surface area contributed by atoms with Crippen molar-refractivity contribution in [2.75, 3.05) is 26.2 Å². The summed E-state index contributed by atoms with van der Waals surface area (Å²) in [6.45, 7) is 4.17. The maximum Gasteiger partial charge on any atom is 0.123 e. The molecule has 0 aromatic heterocycles. The van der Waals surface area contributed by atoms with Gasteiger partial charge in [0.1, 0.15) is 11.6 Å². The average molecular weight is 280 g/mol. The summed E-state index contributed by atoms with van der Waals surface area (Å²) in [4.78, 5) is 2.50. The summed E-state index contributed by atoms with van der Waals surface area (Å²) in [6.07, 6.45) is 5.69. The average Bonchev–Trinajstić information content (AvgIpc) is 2.46. The molecular formula is C16H25FN2O. The Morgan fingerprint density at radius 1 is 1.10 bits per heavy atom. The molecule has 2 N–H and O–H groups in total. The number of hydrogen-bond acceptors (Lipinski definition) is 3. The molecule has 1 aliphatic rings. The summed E-state index contributed by atoms with van der Waals surface area (Å²) in [5.41, 5.74) is 5.89. The predicted molar refractivity (Wildman–Crippen MR) is 79.4 cm³/mol. The van der Waals surface area contributed by atoms with Crippen molar-refractivity contribution in [2.45, 2.75) is 38.1 Å². The van der Waals surface area contributed by atoms with Gasteiger partial charge in [-0.1, -0.05) is 0 Å². The lowest BCUT2D eigenvalue weighted by Crippen LogP contribution is -2.40. The van der Waals surface area contributed by atoms with E-state index < -0.39 is 0 Å². The summed E-state index contributed by atoms with van der Waals surface area (Å²) in [5, 5.41) is 0. The van der Waals surface area contributed by atoms with Crippen LogP contribution >= 0.6 is 0 Å². The summed E-state index contributed by atoms with van der Waals surface area (Å²) in [5.74, 6) is 0.523. The van der Waals surface area contributed by atoms with E-state index in [0.29, 0.717) is 12.6 Å². The molecule has 3 nitrogen and oxygen atoms in total. The predicted octanol–water partition coefficient (Wildman–Crippen LogP) is 2.80. The lowest BCUT2D eigenvalue weighted by Gasteiger charge is -2.29. The molecule has 1 aromatic carbocycles. The highest BCUT2D eigenvalue weighted by Crippen LogP contribution is 2.12. The van der Waals surface area contributed by atoms with Gasteiger partial charge in [0, 0.05) is 6.04 Å². The summed E-state index contributed by atoms with van der Waals surface area (Å²) >= 11 is 0. The molecule has 4 heteroatoms. The number of halogens is 1. The topological polar surface area (TPSA) is 38.5 Å². The van der Waals surface area contributed by atoms with E-state index in [4.69, 9.17) is 10.5 Å². The number of hydrogen-bond donors (Lipinski definition) is 1. The minimum Gasteiger partial charge on any atom is -0.494 e. The van der Waals surface area contributed by atoms with Gasteiger partial charge in [0.2, 0.25) is 0 Å². The third-order valence-corrected chi connectivity index (χ3v) is 3.83. The van der Waals surface area contributed by atoms with Crippen LogP contribution in [0.4, 0.5) is 4.39 Å². The van der Waals surface area contributed by atoms with Gasteiger partial charge in [-0.3, -0.25) is 0 Å². The molecule has 0 atom stereocenters. The van der Waals surface area contributed by atoms with Gasteiger partial charge in [0.25, 0.3) is 0 Å². The van der Waals surface area contributed by atoms with Gasteiger partial charge in [-0.15, -0.1) is 0 Å². The van der Waals surface area contributed by atoms with Crippen LogP contribution in [0.15, 0.2) is 24.3 Å². The van der Waals surface area contributed by atoms with Crippen molar-refractivity contribution < 1.29 is 9.13 Å². The number of ether oxygens (including phenoxy) is 1. The number of rotatable bonds is 7. The number of unbranched alkanes of at least 4 members (excludes halogenated alkanes) is 2. The summed E-state index contributed by atoms with van der Waals surface area (Å²) in [6, 6.07) is 6.61. The zero-order chi connectivity index (χ0) is 14.2. The van der Waals surface area contributed by atoms with E-state index in [0.717, 1.165) is 38.1 Å². The highest BCUT2D eigenvalue weighted by molar-refractivity contribution is 5.21. The maximum absolute atomic E-state index is 12.7. The number of likely N-dealkylation sites (tertiary alicyclic amines) is 1. The van der Waals surface area contributed by atoms with Crippen LogP contribution in [-0.2, 0) is 0 Å². The molecule has 2 rings (SSSR count). The minimum absolute atomic E-state index is 0.224. The number of nitrogens with two attached hydrogens (primary N) is 1. The Hall–Kier alpha value is -1.13. The standard InChI is InChI=1S/C16H25FN2O/c17-14-4-6-16(7-5-14)20-13-3-1-2-10-19-11-8-15(18)9-12-19/h4-7,15H,1-3,8-13,18H2. The van der Waals surface area contributed by atoms with Gasteiger partial charge in [0.15, 0.2) is 0 Å². The molecule has 1 saturated heterocycles. The first-order valence-corrected chi connectivity index (χ1v) is 7.60. The van der Waals surface area contributed by atoms with Crippen molar-refractivity contribution in [3.63, 3.8) is 0 Å². The monoisotopic (exact) mass is 280 g/mol. The highest BCUT2D eigenvalue weighted by atomic mass is 19.1. The fourth-order valence-corrected chi connectivity index (χ4v) is 2.51. The third kappa shape index (κ3) is 5.47. The SMILES string of the molecule is NC1CCN(CCCCCOc2ccc(F)cc2)CC1. The zero-order valence-electron chi connectivity index (χ0n) is 12.1. The molecule has 1 aromatic rings. The highest BCUT2D eigenvalue weighted by Gasteiger charge is 2.14. The molecule has 0 bridgehead atoms. The van der Waals surface area contributed by atoms with Crippen molar-refractivity contribution in [1.29, 1.82) is 0 Å². The maximum atomic E-state index is 12.7. The van der Waals surface area contributed by atoms with E-state index in [2.05, 4.69) is 4.90 Å². The fraction of sp³-hybridized carbons (Fsp3) is 0.625. The third-order valence-electron chi connectivity index (χ3n) is 3.83. The van der Waals surface area contributed by atoms with Crippen molar-refractivity contribution in [2.24, 2.45) is 5.73 Å². The van der Waals surface area contributed by atoms with E-state index >= 15 is 0 Å². The second-order valence-electron chi connectivity index (χ2n) is 5.54. The molecule has 20 heavy (non-hydrogen) atoms. The summed E-state index contributed by atoms with van der Waals surface area (Å²) < 4.78 is 18.3. The van der Waals surface area contributed by atoms with Gasteiger partial charge in [-0.25, -0.2) is 4.39 Å². The lowest BCUT2D eigenvalue weighted by atomic mass is 10.1. The van der Waals surface area contributed by atoms with E-state index in [1.54, 1.807) is 12.1 Å². The van der Waals surface area contributed by atoms with Gasteiger partial charge in [-0.05, 0) is 76.0 Å². The van der Waals surface area contributed by atoms with Crippen molar-refractivity contribution in [3.05, 3.63) is 30.1 Å². The van der Waals surface area contributed by atoms with Crippen LogP contribution in [0.3, 0.4) is 0 Å². The van der Waals surface area contributed by atoms with Gasteiger partial charge in [-0.2, -0.15) is 0 Å². The van der Waals surface area contributed by atoms with Crippen LogP contribution < -0.4 is 10.5 Å². The van der Waals surface area contributed by atoms with Crippen molar-refractivity contribution in [1.82, 2.24) is 4.90 Å². The molecule has 0 aliphatic carbocycles. The molecule has 0 spiro atoms. The first-order valence-electron chi connectivity index (χ1n) is 7.60. The van der Waals surface area contributed by atoms with Crippen LogP contribution in [0.2, 0.25) is 0 Å². The van der Waals surface area contributed by atoms with Crippen LogP contribution in [0.25, 0.3) is 0 Å². The molecular weight excluding hydrogens is 255 g/mol. The second-order valence-corrected chi connectivity index (χ2v) is 5.54. The van der Waals surface area contributed by atoms with Crippen molar-refractivity contribution >= 4 is 0 Å². The Kier molecular flexibility index (Phi) is 6.27. The molecule has 112 valence electrons. The number of piperidine rings is 1. The Morgan fingerprint density at radius 2 is 1.80 bits per heavy atom. The summed E-state index contributed by atoms with van der Waals surface area (Å²) in [7, 11) is 0. The Balaban J connectivity index is 1.48. The smallest absolute Gasteiger partial charge is 0.123 e. The minimum atomic E-state index is -0.224. The van der Waals surface area contributed by atoms with E-state index in [9.17, 15) is 4.39 Å². The quantitative estimate of drug-likeness (QED) is 0.781. The largest absolute Gasteiger partial charge is 0.494 e. The Labute approximate surface area is 120 Å². The Bertz CT molecular complexity index is 375. The Morgan fingerprint density at radius 3 is 2.50 bits per heavy atom. The van der Waals surface area contributed by atoms with E-state index in [1.165, 1.54) is 31.5 Å². The molecule has 0 unspecified atom stereocenters. The molecule has 0 saturated carbocycles. The molecule has 0 amide bonds. The molecule has 0 radical (unpaired) electrons. The van der Waals surface area contributed by atoms with Crippen LogP contribution in [0.5, 0.6) is 5.75 Å². The first-order chi connectivity index (χ1) is 9.74. The molecule has 1 fully saturated rings. The molecule has 1 aliphatic heterocycles. The number of nitrogens with zero attached hydrogens (tertiary/aromatic N) is 1. The number of benzene rings is 1. The van der Waals surface area contributed by atoms with Gasteiger partial charge in [0.05, 0.1) is 6.61 Å². The van der Waals surface area contributed by atoms with Crippen LogP contribution in [-0.4, -0.2) is 37.2 Å². The van der Waals surface area contributed by atoms with Gasteiger partial charge < -0.3 is 15.4 Å². The first kappa shape index (κ1) is 15.3. The zero-order valence-corrected chi connectivity index (χ0v) is 12.1. The van der Waals surface area contributed by atoms with E-state index in [-0.39, 0.29) is 5.82 Å². The van der Waals surface area contributed by atoms with E-state index in [1.807, 2.05) is 0 Å². The van der Waals surface area contributed by atoms with Gasteiger partial charge >= 0.3 is 0 Å². The fourth-order valence-electron chi connectivity index (χ4n) is 2.51. The van der Waals surface area contributed by atoms with Crippen LogP contribution in [0.1, 0.15) is 32.1 Å². The second kappa shape index (κ2) is 8.22. The normalized spacial score (nSPS) is 17.3. The lowest BCUT2D eigenvalue weighted by molar-refractivity contribution is 0.207.